The summed E-state index contributed by atoms with van der Waals surface area (Å²) in [7, 11) is 0. The Hall–Kier alpha value is -3.46. The maximum Gasteiger partial charge on any atom is 0.141 e. The lowest BCUT2D eigenvalue weighted by molar-refractivity contribution is -0.124. The van der Waals surface area contributed by atoms with E-state index in [0.717, 1.165) is 63.0 Å². The highest BCUT2D eigenvalue weighted by Crippen LogP contribution is 2.51. The summed E-state index contributed by atoms with van der Waals surface area (Å²) in [5, 5.41) is 22.4. The van der Waals surface area contributed by atoms with Gasteiger partial charge < -0.3 is 10.4 Å². The number of hydrogen-bond acceptors (Lipinski definition) is 5. The average Bonchev–Trinajstić information content (AvgIpc) is 3.59. The van der Waals surface area contributed by atoms with Gasteiger partial charge in [0.2, 0.25) is 0 Å². The van der Waals surface area contributed by atoms with Crippen LogP contribution in [-0.2, 0) is 10.3 Å². The molecule has 2 aliphatic heterocycles. The lowest BCUT2D eigenvalue weighted by Crippen LogP contribution is -2.51. The number of phenols is 1. The summed E-state index contributed by atoms with van der Waals surface area (Å²) in [6.45, 7) is 3.75. The van der Waals surface area contributed by atoms with Crippen LogP contribution in [0.1, 0.15) is 48.3 Å². The predicted octanol–water partition coefficient (Wildman–Crippen LogP) is 5.20. The second-order valence-electron chi connectivity index (χ2n) is 10.9. The van der Waals surface area contributed by atoms with E-state index in [9.17, 15) is 15.2 Å². The summed E-state index contributed by atoms with van der Waals surface area (Å²) in [6.07, 6.45) is 3.95. The van der Waals surface area contributed by atoms with Gasteiger partial charge in [0.1, 0.15) is 11.5 Å². The van der Waals surface area contributed by atoms with E-state index in [0.29, 0.717) is 17.3 Å². The van der Waals surface area contributed by atoms with Crippen molar-refractivity contribution < 1.29 is 9.90 Å². The number of Topliss-reactive ketones (excluding diaryl/α,β-unsaturated/α-hetero) is 1. The van der Waals surface area contributed by atoms with Gasteiger partial charge in [0.15, 0.2) is 0 Å². The van der Waals surface area contributed by atoms with E-state index >= 15 is 0 Å². The van der Waals surface area contributed by atoms with Crippen LogP contribution < -0.4 is 5.32 Å². The molecule has 3 fully saturated rings. The van der Waals surface area contributed by atoms with Crippen LogP contribution in [0, 0.1) is 23.2 Å². The topological polar surface area (TPSA) is 76.4 Å². The molecule has 0 amide bonds. The van der Waals surface area contributed by atoms with E-state index in [4.69, 9.17) is 0 Å². The molecule has 3 aromatic carbocycles. The normalized spacial score (nSPS) is 24.9. The number of nitrogens with zero attached hydrogens (tertiary/aromatic N) is 2. The molecule has 1 saturated carbocycles. The molecule has 0 bridgehead atoms. The van der Waals surface area contributed by atoms with Gasteiger partial charge in [0.05, 0.1) is 11.6 Å². The molecular formula is C32H33N3O2. The van der Waals surface area contributed by atoms with Crippen LogP contribution >= 0.6 is 0 Å². The molecule has 0 radical (unpaired) electrons. The molecule has 6 rings (SSSR count). The molecular weight excluding hydrogens is 458 g/mol. The first-order valence-corrected chi connectivity index (χ1v) is 13.5. The van der Waals surface area contributed by atoms with Crippen LogP contribution in [0.15, 0.2) is 72.8 Å². The molecule has 3 unspecified atom stereocenters. The van der Waals surface area contributed by atoms with Crippen LogP contribution in [0.2, 0.25) is 0 Å². The van der Waals surface area contributed by atoms with Crippen molar-refractivity contribution in [2.24, 2.45) is 11.8 Å². The molecule has 2 N–H and O–H groups in total. The molecule has 3 aliphatic rings. The molecule has 188 valence electrons. The van der Waals surface area contributed by atoms with Gasteiger partial charge in [-0.05, 0) is 97.8 Å². The smallest absolute Gasteiger partial charge is 0.141 e. The lowest BCUT2D eigenvalue weighted by atomic mass is 9.79. The van der Waals surface area contributed by atoms with Crippen LogP contribution in [0.4, 0.5) is 0 Å². The highest BCUT2D eigenvalue weighted by molar-refractivity contribution is 5.87. The Bertz CT molecular complexity index is 1320. The van der Waals surface area contributed by atoms with Gasteiger partial charge in [-0.2, -0.15) is 5.26 Å². The van der Waals surface area contributed by atoms with E-state index in [1.54, 1.807) is 12.1 Å². The molecule has 0 spiro atoms. The largest absolute Gasteiger partial charge is 0.508 e. The van der Waals surface area contributed by atoms with Gasteiger partial charge in [-0.25, -0.2) is 0 Å². The van der Waals surface area contributed by atoms with Crippen LogP contribution in [0.5, 0.6) is 5.75 Å². The van der Waals surface area contributed by atoms with E-state index in [1.165, 1.54) is 11.1 Å². The summed E-state index contributed by atoms with van der Waals surface area (Å²) < 4.78 is 0. The highest BCUT2D eigenvalue weighted by Gasteiger charge is 2.49. The minimum absolute atomic E-state index is 0.0484. The number of carbonyl (C=O) groups excluding carboxylic acids is 1. The summed E-state index contributed by atoms with van der Waals surface area (Å²) in [5.74, 6) is 1.24. The van der Waals surface area contributed by atoms with Crippen molar-refractivity contribution >= 4 is 5.78 Å². The number of phenolic OH excluding ortho intramolecular Hbond substituents is 1. The van der Waals surface area contributed by atoms with Crippen LogP contribution in [-0.4, -0.2) is 42.0 Å². The Morgan fingerprint density at radius 2 is 1.76 bits per heavy atom. The fraction of sp³-hybridized carbons (Fsp3) is 0.375. The number of piperidine rings is 1. The number of rotatable bonds is 6. The number of aromatic hydroxyl groups is 1. The van der Waals surface area contributed by atoms with Crippen LogP contribution in [0.3, 0.4) is 0 Å². The Balaban J connectivity index is 1.19. The average molecular weight is 492 g/mol. The minimum Gasteiger partial charge on any atom is -0.508 e. The second kappa shape index (κ2) is 9.78. The fourth-order valence-corrected chi connectivity index (χ4v) is 6.65. The molecule has 2 heterocycles. The van der Waals surface area contributed by atoms with Gasteiger partial charge in [-0.1, -0.05) is 48.5 Å². The zero-order valence-electron chi connectivity index (χ0n) is 21.1. The zero-order valence-corrected chi connectivity index (χ0v) is 21.1. The second-order valence-corrected chi connectivity index (χ2v) is 10.9. The van der Waals surface area contributed by atoms with Crippen molar-refractivity contribution in [3.63, 3.8) is 0 Å². The van der Waals surface area contributed by atoms with Gasteiger partial charge >= 0.3 is 0 Å². The van der Waals surface area contributed by atoms with E-state index < -0.39 is 0 Å². The van der Waals surface area contributed by atoms with Gasteiger partial charge in [0.25, 0.3) is 0 Å². The van der Waals surface area contributed by atoms with E-state index in [-0.39, 0.29) is 23.1 Å². The number of carbonyl (C=O) groups is 1. The Kier molecular flexibility index (Phi) is 6.32. The minimum atomic E-state index is -0.0484. The first-order chi connectivity index (χ1) is 18.1. The molecule has 3 atom stereocenters. The van der Waals surface area contributed by atoms with Gasteiger partial charge in [0, 0.05) is 23.9 Å². The molecule has 5 nitrogen and oxygen atoms in total. The third-order valence-corrected chi connectivity index (χ3v) is 8.85. The fourth-order valence-electron chi connectivity index (χ4n) is 6.65. The Morgan fingerprint density at radius 1 is 1.00 bits per heavy atom. The van der Waals surface area contributed by atoms with Crippen LogP contribution in [0.25, 0.3) is 11.1 Å². The maximum absolute atomic E-state index is 13.5. The molecule has 3 aromatic rings. The van der Waals surface area contributed by atoms with Crippen molar-refractivity contribution in [1.82, 2.24) is 10.2 Å². The molecule has 1 aliphatic carbocycles. The monoisotopic (exact) mass is 491 g/mol. The number of nitriles is 1. The number of ketones is 1. The molecule has 2 saturated heterocycles. The number of nitrogens with one attached hydrogen (secondary N) is 1. The number of benzene rings is 3. The number of likely N-dealkylation sites (tertiary alicyclic amines) is 1. The van der Waals surface area contributed by atoms with Crippen molar-refractivity contribution in [1.29, 1.82) is 5.26 Å². The summed E-state index contributed by atoms with van der Waals surface area (Å²) in [5.41, 5.74) is 5.30. The molecule has 37 heavy (non-hydrogen) atoms. The van der Waals surface area contributed by atoms with Crippen molar-refractivity contribution in [3.8, 4) is 22.9 Å². The molecule has 0 aromatic heterocycles. The SMILES string of the molecule is N#Cc1cccc(-c2ccc(C3(N4CCC(C(=O)C5CC5c5ccc(O)cc5)C4)CCNCC3)cc2)c1. The van der Waals surface area contributed by atoms with Crippen molar-refractivity contribution in [2.75, 3.05) is 26.2 Å². The Labute approximate surface area is 218 Å². The lowest BCUT2D eigenvalue weighted by Gasteiger charge is -2.45. The van der Waals surface area contributed by atoms with Crippen molar-refractivity contribution in [2.45, 2.75) is 37.1 Å². The quantitative estimate of drug-likeness (QED) is 0.495. The third-order valence-electron chi connectivity index (χ3n) is 8.85. The maximum atomic E-state index is 13.5. The van der Waals surface area contributed by atoms with E-state index in [2.05, 4.69) is 46.6 Å². The third kappa shape index (κ3) is 4.56. The summed E-state index contributed by atoms with van der Waals surface area (Å²) in [4.78, 5) is 16.1. The number of hydrogen-bond donors (Lipinski definition) is 2. The van der Waals surface area contributed by atoms with Gasteiger partial charge in [-0.15, -0.1) is 0 Å². The first-order valence-electron chi connectivity index (χ1n) is 13.5. The Morgan fingerprint density at radius 3 is 2.49 bits per heavy atom. The first kappa shape index (κ1) is 23.9. The van der Waals surface area contributed by atoms with Gasteiger partial charge in [-0.3, -0.25) is 9.69 Å². The standard InChI is InChI=1S/C32H33N3O2/c33-20-22-2-1-3-25(18-22)23-4-8-27(9-5-23)32(13-15-34-16-14-32)35-17-12-26(21-35)31(37)30-19-29(30)24-6-10-28(36)11-7-24/h1-11,18,26,29-30,34,36H,12-17,19,21H2. The zero-order chi connectivity index (χ0) is 25.4. The van der Waals surface area contributed by atoms with E-state index in [1.807, 2.05) is 30.3 Å². The highest BCUT2D eigenvalue weighted by atomic mass is 16.3. The predicted molar refractivity (Wildman–Crippen MR) is 144 cm³/mol. The molecule has 5 heteroatoms. The summed E-state index contributed by atoms with van der Waals surface area (Å²) >= 11 is 0. The summed E-state index contributed by atoms with van der Waals surface area (Å²) in [6, 6.07) is 26.2. The van der Waals surface area contributed by atoms with Crippen molar-refractivity contribution in [3.05, 3.63) is 89.5 Å².